The Morgan fingerprint density at radius 2 is 2.07 bits per heavy atom. The maximum Gasteiger partial charge on any atom is 0.250 e. The van der Waals surface area contributed by atoms with Crippen LogP contribution in [0.5, 0.6) is 0 Å². The lowest BCUT2D eigenvalue weighted by Crippen LogP contribution is -2.11. The van der Waals surface area contributed by atoms with Gasteiger partial charge in [0.1, 0.15) is 0 Å². The maximum atomic E-state index is 11.2. The molecule has 0 unspecified atom stereocenters. The van der Waals surface area contributed by atoms with Gasteiger partial charge < -0.3 is 10.3 Å². The third-order valence-electron chi connectivity index (χ3n) is 3.61. The third-order valence-corrected chi connectivity index (χ3v) is 3.61. The molecule has 3 nitrogen and oxygen atoms in total. The first-order valence-corrected chi connectivity index (χ1v) is 5.57. The molecule has 0 aliphatic heterocycles. The largest absolute Gasteiger partial charge is 0.366 e. The van der Waals surface area contributed by atoms with E-state index in [9.17, 15) is 4.79 Å². The lowest BCUT2D eigenvalue weighted by Gasteiger charge is -2.11. The van der Waals surface area contributed by atoms with E-state index in [1.807, 2.05) is 20.0 Å². The van der Waals surface area contributed by atoms with E-state index >= 15 is 0 Å². The lowest BCUT2D eigenvalue weighted by molar-refractivity contribution is 0.0999. The van der Waals surface area contributed by atoms with E-state index < -0.39 is 0 Å². The maximum absolute atomic E-state index is 11.2. The fraction of sp³-hybridized carbons (Fsp3) is 0.583. The lowest BCUT2D eigenvalue weighted by atomic mass is 10.0. The van der Waals surface area contributed by atoms with E-state index in [4.69, 9.17) is 5.73 Å². The second-order valence-electron chi connectivity index (χ2n) is 4.47. The molecule has 1 aliphatic rings. The molecule has 0 bridgehead atoms. The zero-order valence-electron chi connectivity index (χ0n) is 9.42. The Kier molecular flexibility index (Phi) is 2.55. The number of hydrogen-bond donors (Lipinski definition) is 1. The molecule has 3 heteroatoms. The van der Waals surface area contributed by atoms with Crippen molar-refractivity contribution in [3.8, 4) is 0 Å². The highest BCUT2D eigenvalue weighted by molar-refractivity contribution is 5.94. The second kappa shape index (κ2) is 3.72. The Morgan fingerprint density at radius 1 is 1.47 bits per heavy atom. The molecule has 82 valence electrons. The first-order valence-electron chi connectivity index (χ1n) is 5.57. The molecular weight excluding hydrogens is 188 g/mol. The summed E-state index contributed by atoms with van der Waals surface area (Å²) in [6.45, 7) is 1.96. The van der Waals surface area contributed by atoms with Crippen molar-refractivity contribution in [2.75, 3.05) is 0 Å². The van der Waals surface area contributed by atoms with Crippen molar-refractivity contribution in [1.82, 2.24) is 4.57 Å². The molecule has 1 amide bonds. The van der Waals surface area contributed by atoms with Crippen molar-refractivity contribution in [3.05, 3.63) is 23.0 Å². The Balaban J connectivity index is 2.39. The van der Waals surface area contributed by atoms with E-state index in [1.165, 1.54) is 31.4 Å². The summed E-state index contributed by atoms with van der Waals surface area (Å²) in [4.78, 5) is 11.2. The number of nitrogens with zero attached hydrogens (tertiary/aromatic N) is 1. The number of nitrogens with two attached hydrogens (primary N) is 1. The summed E-state index contributed by atoms with van der Waals surface area (Å²) in [7, 11) is 2.02. The topological polar surface area (TPSA) is 48.0 Å². The number of amides is 1. The zero-order chi connectivity index (χ0) is 11.0. The van der Waals surface area contributed by atoms with E-state index in [0.717, 1.165) is 5.69 Å². The van der Waals surface area contributed by atoms with Crippen molar-refractivity contribution >= 4 is 5.91 Å². The molecule has 0 saturated heterocycles. The molecule has 1 heterocycles. The Bertz CT molecular complexity index is 387. The predicted molar refractivity (Wildman–Crippen MR) is 59.9 cm³/mol. The minimum atomic E-state index is -0.313. The standard InChI is InChI=1S/C12H18N2O/c1-8-10(12(13)15)7-11(14(8)2)9-5-3-4-6-9/h7,9H,3-6H2,1-2H3,(H2,13,15). The number of carbonyl (C=O) groups excluding carboxylic acids is 1. The molecule has 1 aliphatic carbocycles. The van der Waals surface area contributed by atoms with Crippen LogP contribution in [0.3, 0.4) is 0 Å². The molecular formula is C12H18N2O. The van der Waals surface area contributed by atoms with Crippen LogP contribution in [0.4, 0.5) is 0 Å². The summed E-state index contributed by atoms with van der Waals surface area (Å²) in [6, 6.07) is 1.98. The van der Waals surface area contributed by atoms with Crippen LogP contribution in [-0.2, 0) is 7.05 Å². The van der Waals surface area contributed by atoms with Gasteiger partial charge in [-0.15, -0.1) is 0 Å². The minimum absolute atomic E-state index is 0.313. The summed E-state index contributed by atoms with van der Waals surface area (Å²) in [5, 5.41) is 0. The molecule has 1 aromatic rings. The summed E-state index contributed by atoms with van der Waals surface area (Å²) < 4.78 is 2.12. The second-order valence-corrected chi connectivity index (χ2v) is 4.47. The molecule has 0 radical (unpaired) electrons. The molecule has 1 saturated carbocycles. The van der Waals surface area contributed by atoms with Crippen LogP contribution in [0.2, 0.25) is 0 Å². The van der Waals surface area contributed by atoms with E-state index in [0.29, 0.717) is 11.5 Å². The van der Waals surface area contributed by atoms with Crippen LogP contribution in [0.25, 0.3) is 0 Å². The molecule has 2 rings (SSSR count). The van der Waals surface area contributed by atoms with Crippen LogP contribution >= 0.6 is 0 Å². The van der Waals surface area contributed by atoms with Crippen molar-refractivity contribution in [2.24, 2.45) is 12.8 Å². The fourth-order valence-corrected chi connectivity index (χ4v) is 2.59. The third kappa shape index (κ3) is 1.66. The first kappa shape index (κ1) is 10.3. The van der Waals surface area contributed by atoms with Gasteiger partial charge in [0.2, 0.25) is 0 Å². The van der Waals surface area contributed by atoms with Gasteiger partial charge in [0.25, 0.3) is 5.91 Å². The number of hydrogen-bond acceptors (Lipinski definition) is 1. The number of aromatic nitrogens is 1. The van der Waals surface area contributed by atoms with Crippen LogP contribution in [0.1, 0.15) is 53.3 Å². The molecule has 2 N–H and O–H groups in total. The first-order chi connectivity index (χ1) is 7.11. The highest BCUT2D eigenvalue weighted by Crippen LogP contribution is 2.35. The van der Waals surface area contributed by atoms with Gasteiger partial charge in [-0.1, -0.05) is 12.8 Å². The average Bonchev–Trinajstić information content (AvgIpc) is 2.77. The van der Waals surface area contributed by atoms with Gasteiger partial charge in [0.05, 0.1) is 5.56 Å². The fourth-order valence-electron chi connectivity index (χ4n) is 2.59. The predicted octanol–water partition coefficient (Wildman–Crippen LogP) is 2.09. The van der Waals surface area contributed by atoms with Crippen LogP contribution < -0.4 is 5.73 Å². The number of primary amides is 1. The summed E-state index contributed by atoms with van der Waals surface area (Å²) in [6.07, 6.45) is 5.10. The van der Waals surface area contributed by atoms with Gasteiger partial charge in [0, 0.05) is 18.4 Å². The number of rotatable bonds is 2. The molecule has 0 aromatic carbocycles. The van der Waals surface area contributed by atoms with Gasteiger partial charge in [-0.25, -0.2) is 0 Å². The molecule has 0 atom stereocenters. The average molecular weight is 206 g/mol. The van der Waals surface area contributed by atoms with E-state index in [2.05, 4.69) is 4.57 Å². The molecule has 1 fully saturated rings. The minimum Gasteiger partial charge on any atom is -0.366 e. The summed E-state index contributed by atoms with van der Waals surface area (Å²) in [5.74, 6) is 0.314. The highest BCUT2D eigenvalue weighted by atomic mass is 16.1. The quantitative estimate of drug-likeness (QED) is 0.791. The van der Waals surface area contributed by atoms with Crippen molar-refractivity contribution in [1.29, 1.82) is 0 Å². The van der Waals surface area contributed by atoms with Gasteiger partial charge in [-0.2, -0.15) is 0 Å². The Labute approximate surface area is 90.3 Å². The van der Waals surface area contributed by atoms with Gasteiger partial charge in [-0.05, 0) is 31.7 Å². The normalized spacial score (nSPS) is 17.2. The number of carbonyl (C=O) groups is 1. The van der Waals surface area contributed by atoms with E-state index in [1.54, 1.807) is 0 Å². The van der Waals surface area contributed by atoms with Crippen molar-refractivity contribution in [2.45, 2.75) is 38.5 Å². The molecule has 1 aromatic heterocycles. The summed E-state index contributed by atoms with van der Waals surface area (Å²) >= 11 is 0. The smallest absolute Gasteiger partial charge is 0.250 e. The van der Waals surface area contributed by atoms with Gasteiger partial charge in [0.15, 0.2) is 0 Å². The SMILES string of the molecule is Cc1c(C(N)=O)cc(C2CCCC2)n1C. The monoisotopic (exact) mass is 206 g/mol. The van der Waals surface area contributed by atoms with Gasteiger partial charge in [-0.3, -0.25) is 4.79 Å². The van der Waals surface area contributed by atoms with Crippen LogP contribution in [0.15, 0.2) is 6.07 Å². The molecule has 15 heavy (non-hydrogen) atoms. The van der Waals surface area contributed by atoms with Crippen LogP contribution in [0, 0.1) is 6.92 Å². The summed E-state index contributed by atoms with van der Waals surface area (Å²) in [5.41, 5.74) is 8.29. The highest BCUT2D eigenvalue weighted by Gasteiger charge is 2.22. The Morgan fingerprint density at radius 3 is 2.53 bits per heavy atom. The Hall–Kier alpha value is -1.25. The van der Waals surface area contributed by atoms with Gasteiger partial charge >= 0.3 is 0 Å². The van der Waals surface area contributed by atoms with Crippen molar-refractivity contribution in [3.63, 3.8) is 0 Å². The van der Waals surface area contributed by atoms with Crippen LogP contribution in [-0.4, -0.2) is 10.5 Å². The van der Waals surface area contributed by atoms with Crippen molar-refractivity contribution < 1.29 is 4.79 Å². The zero-order valence-corrected chi connectivity index (χ0v) is 9.42. The van der Waals surface area contributed by atoms with E-state index in [-0.39, 0.29) is 5.91 Å². The molecule has 0 spiro atoms.